The van der Waals surface area contributed by atoms with E-state index in [2.05, 4.69) is 20.0 Å². The monoisotopic (exact) mass is 439 g/mol. The van der Waals surface area contributed by atoms with Gasteiger partial charge in [0.2, 0.25) is 0 Å². The lowest BCUT2D eigenvalue weighted by molar-refractivity contribution is 0.122. The summed E-state index contributed by atoms with van der Waals surface area (Å²) in [5.74, 6) is 0.686. The number of hydrogen-bond donors (Lipinski definition) is 0. The molecule has 0 bridgehead atoms. The second-order valence-corrected chi connectivity index (χ2v) is 9.71. The highest BCUT2D eigenvalue weighted by atomic mass is 32.1. The van der Waals surface area contributed by atoms with Gasteiger partial charge in [-0.3, -0.25) is 14.6 Å². The molecule has 3 aromatic rings. The molecule has 0 radical (unpaired) electrons. The van der Waals surface area contributed by atoms with E-state index < -0.39 is 0 Å². The molecule has 1 aliphatic heterocycles. The third-order valence-electron chi connectivity index (χ3n) is 6.17. The molecule has 164 valence electrons. The van der Waals surface area contributed by atoms with Crippen LogP contribution in [-0.4, -0.2) is 67.1 Å². The minimum Gasteiger partial charge on any atom is -0.299 e. The molecule has 5 rings (SSSR count). The predicted molar refractivity (Wildman–Crippen MR) is 121 cm³/mol. The van der Waals surface area contributed by atoms with E-state index in [1.54, 1.807) is 21.5 Å². The van der Waals surface area contributed by atoms with E-state index in [9.17, 15) is 4.79 Å². The van der Waals surface area contributed by atoms with Crippen LogP contribution >= 0.6 is 11.3 Å². The molecule has 1 saturated heterocycles. The number of fused-ring (bicyclic) bond motifs is 1. The summed E-state index contributed by atoms with van der Waals surface area (Å²) < 4.78 is 3.35. The summed E-state index contributed by atoms with van der Waals surface area (Å²) in [6, 6.07) is 5.34. The molecule has 0 amide bonds. The lowest BCUT2D eigenvalue weighted by atomic mass is 10.3. The van der Waals surface area contributed by atoms with Crippen LogP contribution in [0.1, 0.15) is 33.4 Å². The van der Waals surface area contributed by atoms with Gasteiger partial charge in [-0.1, -0.05) is 0 Å². The molecule has 2 aliphatic rings. The Labute approximate surface area is 186 Å². The van der Waals surface area contributed by atoms with Crippen molar-refractivity contribution in [1.29, 1.82) is 0 Å². The minimum atomic E-state index is -0.0688. The van der Waals surface area contributed by atoms with Gasteiger partial charge in [0, 0.05) is 49.4 Å². The first-order valence-corrected chi connectivity index (χ1v) is 11.9. The number of aryl methyl sites for hydroxylation is 4. The molecular formula is C22H29N7OS. The maximum Gasteiger partial charge on any atom is 0.266 e. The Morgan fingerprint density at radius 2 is 1.81 bits per heavy atom. The summed E-state index contributed by atoms with van der Waals surface area (Å²) in [6.07, 6.45) is 3.65. The van der Waals surface area contributed by atoms with E-state index in [0.717, 1.165) is 57.1 Å². The van der Waals surface area contributed by atoms with Crippen LogP contribution in [-0.2, 0) is 25.9 Å². The summed E-state index contributed by atoms with van der Waals surface area (Å²) in [6.45, 7) is 10.4. The fraction of sp³-hybridized carbons (Fsp3) is 0.545. The van der Waals surface area contributed by atoms with E-state index in [1.165, 1.54) is 28.4 Å². The molecule has 1 aliphatic carbocycles. The number of hydrogen-bond acceptors (Lipinski definition) is 7. The molecule has 0 aromatic carbocycles. The summed E-state index contributed by atoms with van der Waals surface area (Å²) >= 11 is 1.91. The maximum atomic E-state index is 12.3. The highest BCUT2D eigenvalue weighted by molar-refractivity contribution is 7.11. The molecule has 9 heteroatoms. The molecule has 0 atom stereocenters. The van der Waals surface area contributed by atoms with Gasteiger partial charge in [-0.15, -0.1) is 16.4 Å². The van der Waals surface area contributed by atoms with Crippen molar-refractivity contribution in [3.8, 4) is 5.82 Å². The number of thiazole rings is 1. The maximum absolute atomic E-state index is 12.3. The van der Waals surface area contributed by atoms with Gasteiger partial charge in [0.1, 0.15) is 5.01 Å². The van der Waals surface area contributed by atoms with Gasteiger partial charge >= 0.3 is 0 Å². The SMILES string of the molecule is Cc1cc(C)n(-c2ccc(=O)n(CCN3CCN(Cc4nc5c(s4)CCC5)CC3)n2)n1. The topological polar surface area (TPSA) is 72.1 Å². The number of aromatic nitrogens is 5. The molecule has 31 heavy (non-hydrogen) atoms. The Kier molecular flexibility index (Phi) is 5.73. The third-order valence-corrected chi connectivity index (χ3v) is 7.31. The quantitative estimate of drug-likeness (QED) is 0.583. The summed E-state index contributed by atoms with van der Waals surface area (Å²) in [5, 5.41) is 10.3. The normalized spacial score (nSPS) is 17.4. The molecular weight excluding hydrogens is 410 g/mol. The van der Waals surface area contributed by atoms with Gasteiger partial charge in [0.25, 0.3) is 5.56 Å². The highest BCUT2D eigenvalue weighted by Gasteiger charge is 2.21. The van der Waals surface area contributed by atoms with Gasteiger partial charge in [-0.25, -0.2) is 14.3 Å². The van der Waals surface area contributed by atoms with E-state index in [4.69, 9.17) is 4.98 Å². The van der Waals surface area contributed by atoms with Crippen LogP contribution < -0.4 is 5.56 Å². The van der Waals surface area contributed by atoms with Gasteiger partial charge in [0.15, 0.2) is 5.82 Å². The fourth-order valence-electron chi connectivity index (χ4n) is 4.48. The molecule has 4 heterocycles. The summed E-state index contributed by atoms with van der Waals surface area (Å²) in [4.78, 5) is 23.6. The van der Waals surface area contributed by atoms with Crippen LogP contribution in [0.3, 0.4) is 0 Å². The molecule has 3 aromatic heterocycles. The molecule has 0 saturated carbocycles. The standard InChI is InChI=1S/C22H29N7OS/c1-16-14-17(2)29(24-16)20-6-7-22(30)28(25-20)13-12-26-8-10-27(11-9-26)15-21-23-18-4-3-5-19(18)31-21/h6-7,14H,3-5,8-13,15H2,1-2H3. The Hall–Kier alpha value is -2.36. The lowest BCUT2D eigenvalue weighted by Crippen LogP contribution is -2.47. The zero-order valence-electron chi connectivity index (χ0n) is 18.3. The van der Waals surface area contributed by atoms with E-state index in [0.29, 0.717) is 12.4 Å². The van der Waals surface area contributed by atoms with Crippen molar-refractivity contribution < 1.29 is 0 Å². The number of rotatable bonds is 6. The second-order valence-electron chi connectivity index (χ2n) is 8.54. The third kappa shape index (κ3) is 4.49. The Balaban J connectivity index is 1.15. The molecule has 0 N–H and O–H groups in total. The van der Waals surface area contributed by atoms with Crippen LogP contribution in [0.2, 0.25) is 0 Å². The Morgan fingerprint density at radius 1 is 1.00 bits per heavy atom. The summed E-state index contributed by atoms with van der Waals surface area (Å²) in [7, 11) is 0. The molecule has 0 spiro atoms. The predicted octanol–water partition coefficient (Wildman–Crippen LogP) is 1.81. The van der Waals surface area contributed by atoms with Gasteiger partial charge in [-0.05, 0) is 45.2 Å². The largest absolute Gasteiger partial charge is 0.299 e. The first-order valence-electron chi connectivity index (χ1n) is 11.1. The van der Waals surface area contributed by atoms with Crippen molar-refractivity contribution in [2.75, 3.05) is 32.7 Å². The molecule has 0 unspecified atom stereocenters. The van der Waals surface area contributed by atoms with E-state index >= 15 is 0 Å². The van der Waals surface area contributed by atoms with Crippen molar-refractivity contribution >= 4 is 11.3 Å². The van der Waals surface area contributed by atoms with Crippen molar-refractivity contribution in [3.63, 3.8) is 0 Å². The van der Waals surface area contributed by atoms with E-state index in [1.807, 2.05) is 31.3 Å². The van der Waals surface area contributed by atoms with Crippen LogP contribution in [0.4, 0.5) is 0 Å². The van der Waals surface area contributed by atoms with Crippen molar-refractivity contribution in [1.82, 2.24) is 34.3 Å². The lowest BCUT2D eigenvalue weighted by Gasteiger charge is -2.34. The zero-order chi connectivity index (χ0) is 21.4. The van der Waals surface area contributed by atoms with Crippen LogP contribution in [0.25, 0.3) is 5.82 Å². The van der Waals surface area contributed by atoms with E-state index in [-0.39, 0.29) is 5.56 Å². The van der Waals surface area contributed by atoms with Gasteiger partial charge < -0.3 is 0 Å². The van der Waals surface area contributed by atoms with Crippen LogP contribution in [0.15, 0.2) is 23.0 Å². The Bertz CT molecular complexity index is 1100. The smallest absolute Gasteiger partial charge is 0.266 e. The first-order chi connectivity index (χ1) is 15.0. The average Bonchev–Trinajstić information content (AvgIpc) is 3.43. The summed E-state index contributed by atoms with van der Waals surface area (Å²) in [5.41, 5.74) is 3.23. The second kappa shape index (κ2) is 8.64. The van der Waals surface area contributed by atoms with Crippen molar-refractivity contribution in [2.45, 2.75) is 46.2 Å². The number of nitrogens with zero attached hydrogens (tertiary/aromatic N) is 7. The highest BCUT2D eigenvalue weighted by Crippen LogP contribution is 2.28. The van der Waals surface area contributed by atoms with Gasteiger partial charge in [-0.2, -0.15) is 5.10 Å². The first kappa shape index (κ1) is 20.5. The minimum absolute atomic E-state index is 0.0688. The fourth-order valence-corrected chi connectivity index (χ4v) is 5.68. The average molecular weight is 440 g/mol. The van der Waals surface area contributed by atoms with Crippen LogP contribution in [0, 0.1) is 13.8 Å². The van der Waals surface area contributed by atoms with Crippen molar-refractivity contribution in [3.05, 3.63) is 55.5 Å². The molecule has 8 nitrogen and oxygen atoms in total. The zero-order valence-corrected chi connectivity index (χ0v) is 19.1. The van der Waals surface area contributed by atoms with Crippen molar-refractivity contribution in [2.24, 2.45) is 0 Å². The van der Waals surface area contributed by atoms with Crippen LogP contribution in [0.5, 0.6) is 0 Å². The van der Waals surface area contributed by atoms with Gasteiger partial charge in [0.05, 0.1) is 24.5 Å². The Morgan fingerprint density at radius 3 is 2.55 bits per heavy atom. The number of piperazine rings is 1. The molecule has 1 fully saturated rings.